The lowest BCUT2D eigenvalue weighted by Crippen LogP contribution is -1.95. The fourth-order valence-electron chi connectivity index (χ4n) is 3.18. The molecule has 0 saturated carbocycles. The summed E-state index contributed by atoms with van der Waals surface area (Å²) in [7, 11) is 0. The maximum Gasteiger partial charge on any atom is 0.135 e. The Balaban J connectivity index is 1.82. The molecule has 0 saturated heterocycles. The van der Waals surface area contributed by atoms with Crippen LogP contribution in [0.2, 0.25) is 0 Å². The van der Waals surface area contributed by atoms with Crippen molar-refractivity contribution in [2.75, 3.05) is 0 Å². The highest BCUT2D eigenvalue weighted by molar-refractivity contribution is 5.92. The maximum atomic E-state index is 6.14. The van der Waals surface area contributed by atoms with Gasteiger partial charge < -0.3 is 10.2 Å². The molecule has 1 heterocycles. The van der Waals surface area contributed by atoms with E-state index in [1.807, 2.05) is 0 Å². The van der Waals surface area contributed by atoms with Gasteiger partial charge in [-0.3, -0.25) is 0 Å². The van der Waals surface area contributed by atoms with Crippen molar-refractivity contribution in [3.8, 4) is 11.1 Å². The van der Waals surface area contributed by atoms with Crippen molar-refractivity contribution in [3.63, 3.8) is 0 Å². The molecule has 0 spiro atoms. The first kappa shape index (κ1) is 13.4. The number of hydrogen-bond acceptors (Lipinski definition) is 2. The third kappa shape index (κ3) is 2.08. The minimum atomic E-state index is 0.458. The van der Waals surface area contributed by atoms with Crippen molar-refractivity contribution in [1.82, 2.24) is 0 Å². The molecular weight excluding hydrogens is 270 g/mol. The highest BCUT2D eigenvalue weighted by Gasteiger charge is 2.20. The van der Waals surface area contributed by atoms with Crippen LogP contribution >= 0.6 is 0 Å². The number of fused-ring (bicyclic) bond motifs is 3. The third-order valence-corrected chi connectivity index (χ3v) is 4.50. The Morgan fingerprint density at radius 2 is 1.86 bits per heavy atom. The number of nitrogens with two attached hydrogens (primary N) is 1. The minimum Gasteiger partial charge on any atom is -0.460 e. The lowest BCUT2D eigenvalue weighted by molar-refractivity contribution is 0.504. The molecule has 0 fully saturated rings. The second-order valence-corrected chi connectivity index (χ2v) is 6.03. The second kappa shape index (κ2) is 5.15. The van der Waals surface area contributed by atoms with Gasteiger partial charge >= 0.3 is 0 Å². The van der Waals surface area contributed by atoms with Crippen LogP contribution in [0.1, 0.15) is 36.1 Å². The Kier molecular flexibility index (Phi) is 3.12. The number of hydrogen-bond donors (Lipinski definition) is 1. The van der Waals surface area contributed by atoms with Crippen molar-refractivity contribution in [2.24, 2.45) is 5.73 Å². The lowest BCUT2D eigenvalue weighted by Gasteiger charge is -2.10. The zero-order valence-corrected chi connectivity index (χ0v) is 12.7. The molecule has 2 heteroatoms. The van der Waals surface area contributed by atoms with Crippen LogP contribution in [-0.4, -0.2) is 0 Å². The molecule has 1 atom stereocenters. The van der Waals surface area contributed by atoms with Gasteiger partial charge in [-0.1, -0.05) is 49.4 Å². The van der Waals surface area contributed by atoms with Gasteiger partial charge in [0, 0.05) is 23.4 Å². The van der Waals surface area contributed by atoms with Gasteiger partial charge in [-0.2, -0.15) is 0 Å². The van der Waals surface area contributed by atoms with Crippen LogP contribution in [0, 0.1) is 0 Å². The van der Waals surface area contributed by atoms with Gasteiger partial charge in [0.25, 0.3) is 0 Å². The molecule has 2 N–H and O–H groups in total. The van der Waals surface area contributed by atoms with Gasteiger partial charge in [0.15, 0.2) is 0 Å². The van der Waals surface area contributed by atoms with E-state index in [-0.39, 0.29) is 0 Å². The Morgan fingerprint density at radius 3 is 2.64 bits per heavy atom. The molecule has 0 aliphatic heterocycles. The highest BCUT2D eigenvalue weighted by Crippen LogP contribution is 2.38. The van der Waals surface area contributed by atoms with Crippen LogP contribution in [0.5, 0.6) is 0 Å². The number of allylic oxidation sites excluding steroid dienone is 1. The molecule has 1 aliphatic rings. The summed E-state index contributed by atoms with van der Waals surface area (Å²) in [6, 6.07) is 14.9. The molecule has 2 aromatic carbocycles. The van der Waals surface area contributed by atoms with E-state index in [1.54, 1.807) is 0 Å². The van der Waals surface area contributed by atoms with Gasteiger partial charge in [0.2, 0.25) is 0 Å². The van der Waals surface area contributed by atoms with Crippen LogP contribution in [0.15, 0.2) is 53.0 Å². The summed E-state index contributed by atoms with van der Waals surface area (Å²) in [5.41, 5.74) is 11.4. The van der Waals surface area contributed by atoms with Crippen molar-refractivity contribution in [1.29, 1.82) is 0 Å². The summed E-state index contributed by atoms with van der Waals surface area (Å²) in [5, 5.41) is 1.21. The van der Waals surface area contributed by atoms with E-state index < -0.39 is 0 Å². The highest BCUT2D eigenvalue weighted by atomic mass is 16.3. The Hall–Kier alpha value is -2.32. The summed E-state index contributed by atoms with van der Waals surface area (Å²) in [6.45, 7) is 2.80. The zero-order chi connectivity index (χ0) is 15.1. The zero-order valence-electron chi connectivity index (χ0n) is 12.7. The topological polar surface area (TPSA) is 39.2 Å². The van der Waals surface area contributed by atoms with E-state index in [0.717, 1.165) is 23.3 Å². The Bertz CT molecular complexity index is 855. The first-order valence-corrected chi connectivity index (χ1v) is 7.78. The van der Waals surface area contributed by atoms with E-state index in [4.69, 9.17) is 10.2 Å². The van der Waals surface area contributed by atoms with E-state index >= 15 is 0 Å². The van der Waals surface area contributed by atoms with Crippen LogP contribution in [-0.2, 0) is 6.54 Å². The third-order valence-electron chi connectivity index (χ3n) is 4.50. The average molecular weight is 289 g/mol. The molecule has 22 heavy (non-hydrogen) atoms. The van der Waals surface area contributed by atoms with Crippen LogP contribution in [0.25, 0.3) is 28.2 Å². The van der Waals surface area contributed by atoms with E-state index in [1.165, 1.54) is 22.1 Å². The quantitative estimate of drug-likeness (QED) is 0.714. The monoisotopic (exact) mass is 289 g/mol. The van der Waals surface area contributed by atoms with E-state index in [0.29, 0.717) is 12.5 Å². The summed E-state index contributed by atoms with van der Waals surface area (Å²) < 4.78 is 6.14. The fourth-order valence-corrected chi connectivity index (χ4v) is 3.18. The Morgan fingerprint density at radius 1 is 1.09 bits per heavy atom. The molecule has 0 radical (unpaired) electrons. The molecule has 0 bridgehead atoms. The summed E-state index contributed by atoms with van der Waals surface area (Å²) in [4.78, 5) is 0. The number of benzene rings is 2. The normalized spacial score (nSPS) is 16.9. The first-order chi connectivity index (χ1) is 10.8. The van der Waals surface area contributed by atoms with Gasteiger partial charge in [-0.15, -0.1) is 0 Å². The SMILES string of the molecule is CC1CC=Cc2c1oc1cc(-c3ccc(CN)cc3)ccc21. The van der Waals surface area contributed by atoms with Gasteiger partial charge in [0.05, 0.1) is 0 Å². The summed E-state index contributed by atoms with van der Waals surface area (Å²) in [5.74, 6) is 1.58. The smallest absolute Gasteiger partial charge is 0.135 e. The molecule has 1 unspecified atom stereocenters. The predicted molar refractivity (Wildman–Crippen MR) is 91.6 cm³/mol. The lowest BCUT2D eigenvalue weighted by atomic mass is 9.93. The van der Waals surface area contributed by atoms with Crippen molar-refractivity contribution < 1.29 is 4.42 Å². The molecule has 110 valence electrons. The molecule has 1 aromatic heterocycles. The largest absolute Gasteiger partial charge is 0.460 e. The van der Waals surface area contributed by atoms with Gasteiger partial charge in [0.1, 0.15) is 11.3 Å². The van der Waals surface area contributed by atoms with Crippen LogP contribution < -0.4 is 5.73 Å². The number of rotatable bonds is 2. The first-order valence-electron chi connectivity index (χ1n) is 7.78. The molecule has 1 aliphatic carbocycles. The molecule has 3 aromatic rings. The predicted octanol–water partition coefficient (Wildman–Crippen LogP) is 5.08. The average Bonchev–Trinajstić information content (AvgIpc) is 2.94. The van der Waals surface area contributed by atoms with E-state index in [2.05, 4.69) is 61.5 Å². The molecule has 0 amide bonds. The van der Waals surface area contributed by atoms with Gasteiger partial charge in [-0.05, 0) is 35.2 Å². The van der Waals surface area contributed by atoms with Crippen molar-refractivity contribution in [3.05, 3.63) is 65.4 Å². The molecule has 2 nitrogen and oxygen atoms in total. The van der Waals surface area contributed by atoms with Crippen molar-refractivity contribution >= 4 is 17.0 Å². The standard InChI is InChI=1S/C20H19NO/c1-13-3-2-4-18-17-10-9-16(11-19(17)22-20(13)18)15-7-5-14(12-21)6-8-15/h2,4-11,13H,3,12,21H2,1H3. The summed E-state index contributed by atoms with van der Waals surface area (Å²) >= 11 is 0. The van der Waals surface area contributed by atoms with Crippen molar-refractivity contribution in [2.45, 2.75) is 25.8 Å². The fraction of sp³-hybridized carbons (Fsp3) is 0.200. The maximum absolute atomic E-state index is 6.14. The summed E-state index contributed by atoms with van der Waals surface area (Å²) in [6.07, 6.45) is 5.48. The van der Waals surface area contributed by atoms with Crippen LogP contribution in [0.4, 0.5) is 0 Å². The Labute approximate surface area is 130 Å². The minimum absolute atomic E-state index is 0.458. The molecular formula is C20H19NO. The van der Waals surface area contributed by atoms with Gasteiger partial charge in [-0.25, -0.2) is 0 Å². The number of furan rings is 1. The second-order valence-electron chi connectivity index (χ2n) is 6.03. The van der Waals surface area contributed by atoms with Crippen LogP contribution in [0.3, 0.4) is 0 Å². The molecule has 4 rings (SSSR count). The van der Waals surface area contributed by atoms with E-state index in [9.17, 15) is 0 Å².